The molecule has 0 spiro atoms. The van der Waals surface area contributed by atoms with E-state index in [4.69, 9.17) is 14.8 Å². The number of carboxylic acid groups (broad SMARTS) is 1. The van der Waals surface area contributed by atoms with Gasteiger partial charge in [0, 0.05) is 29.2 Å². The van der Waals surface area contributed by atoms with Gasteiger partial charge in [-0.2, -0.15) is 0 Å². The van der Waals surface area contributed by atoms with Gasteiger partial charge in [-0.05, 0) is 17.7 Å². The number of fused-ring (bicyclic) bond motifs is 1. The van der Waals surface area contributed by atoms with E-state index in [2.05, 4.69) is 33.4 Å². The van der Waals surface area contributed by atoms with E-state index in [9.17, 15) is 4.79 Å². The summed E-state index contributed by atoms with van der Waals surface area (Å²) in [6.07, 6.45) is -0.310. The highest BCUT2D eigenvalue weighted by Crippen LogP contribution is 2.45. The van der Waals surface area contributed by atoms with Crippen LogP contribution in [0.15, 0.2) is 33.7 Å². The lowest BCUT2D eigenvalue weighted by Crippen LogP contribution is -2.47. The number of amidine groups is 1. The van der Waals surface area contributed by atoms with Crippen molar-refractivity contribution >= 4 is 39.0 Å². The number of benzene rings is 1. The summed E-state index contributed by atoms with van der Waals surface area (Å²) in [6.45, 7) is 1.29. The van der Waals surface area contributed by atoms with E-state index >= 15 is 0 Å². The second-order valence-electron chi connectivity index (χ2n) is 5.11. The van der Waals surface area contributed by atoms with Gasteiger partial charge in [0.25, 0.3) is 0 Å². The van der Waals surface area contributed by atoms with Gasteiger partial charge in [0.05, 0.1) is 12.1 Å². The molecule has 112 valence electrons. The maximum absolute atomic E-state index is 10.9. The van der Waals surface area contributed by atoms with E-state index in [1.54, 1.807) is 0 Å². The predicted octanol–water partition coefficient (Wildman–Crippen LogP) is 3.05. The first-order valence-electron chi connectivity index (χ1n) is 6.66. The molecule has 2 aliphatic heterocycles. The molecule has 1 saturated heterocycles. The highest BCUT2D eigenvalue weighted by Gasteiger charge is 2.45. The van der Waals surface area contributed by atoms with Crippen LogP contribution in [-0.4, -0.2) is 35.3 Å². The molecule has 1 aromatic carbocycles. The van der Waals surface area contributed by atoms with Crippen LogP contribution < -0.4 is 5.32 Å². The van der Waals surface area contributed by atoms with Crippen LogP contribution in [0.2, 0.25) is 0 Å². The molecule has 2 unspecified atom stereocenters. The van der Waals surface area contributed by atoms with Gasteiger partial charge >= 0.3 is 6.09 Å². The summed E-state index contributed by atoms with van der Waals surface area (Å²) in [7, 11) is 0. The first-order chi connectivity index (χ1) is 10.1. The smallest absolute Gasteiger partial charge is 0.410 e. The Morgan fingerprint density at radius 3 is 3.19 bits per heavy atom. The average Bonchev–Trinajstić information content (AvgIpc) is 2.46. The molecule has 21 heavy (non-hydrogen) atoms. The average molecular weight is 371 g/mol. The summed E-state index contributed by atoms with van der Waals surface area (Å²) in [4.78, 5) is 15.7. The Morgan fingerprint density at radius 1 is 1.57 bits per heavy atom. The van der Waals surface area contributed by atoms with E-state index in [1.165, 1.54) is 11.8 Å². The van der Waals surface area contributed by atoms with Crippen LogP contribution in [0.25, 0.3) is 0 Å². The molecule has 0 aromatic heterocycles. The Kier molecular flexibility index (Phi) is 4.24. The summed E-state index contributed by atoms with van der Waals surface area (Å²) in [5, 5.41) is 11.8. The van der Waals surface area contributed by atoms with Crippen LogP contribution in [0.4, 0.5) is 4.79 Å². The third-order valence-electron chi connectivity index (χ3n) is 3.88. The van der Waals surface area contributed by atoms with E-state index in [0.717, 1.165) is 22.2 Å². The van der Waals surface area contributed by atoms with Crippen molar-refractivity contribution in [1.82, 2.24) is 5.32 Å². The molecule has 2 N–H and O–H groups in total. The van der Waals surface area contributed by atoms with Crippen LogP contribution in [0.5, 0.6) is 0 Å². The Labute approximate surface area is 135 Å². The molecule has 2 aliphatic rings. The first kappa shape index (κ1) is 14.9. The molecule has 0 radical (unpaired) electrons. The van der Waals surface area contributed by atoms with Crippen LogP contribution in [-0.2, 0) is 10.3 Å². The van der Waals surface area contributed by atoms with Crippen LogP contribution in [0.1, 0.15) is 12.0 Å². The molecule has 0 saturated carbocycles. The minimum Gasteiger partial charge on any atom is -0.465 e. The Balaban J connectivity index is 2.05. The number of hydrogen-bond acceptors (Lipinski definition) is 4. The van der Waals surface area contributed by atoms with Crippen molar-refractivity contribution in [2.45, 2.75) is 12.0 Å². The van der Waals surface area contributed by atoms with Gasteiger partial charge in [0.15, 0.2) is 5.17 Å². The van der Waals surface area contributed by atoms with Crippen molar-refractivity contribution in [3.63, 3.8) is 0 Å². The zero-order valence-corrected chi connectivity index (χ0v) is 13.6. The van der Waals surface area contributed by atoms with Crippen molar-refractivity contribution in [1.29, 1.82) is 0 Å². The molecular formula is C14H15BrN2O3S. The molecule has 7 heteroatoms. The fraction of sp³-hybridized carbons (Fsp3) is 0.429. The molecule has 1 amide bonds. The maximum atomic E-state index is 10.9. The number of rotatable bonds is 1. The lowest BCUT2D eigenvalue weighted by molar-refractivity contribution is 0.00998. The van der Waals surface area contributed by atoms with Crippen molar-refractivity contribution < 1.29 is 14.6 Å². The number of ether oxygens (including phenoxy) is 1. The summed E-state index contributed by atoms with van der Waals surface area (Å²) in [5.74, 6) is 1.05. The Hall–Kier alpha value is -1.05. The molecular weight excluding hydrogens is 356 g/mol. The molecule has 0 aliphatic carbocycles. The zero-order chi connectivity index (χ0) is 14.9. The number of thioether (sulfide) groups is 1. The van der Waals surface area contributed by atoms with Gasteiger partial charge in [-0.25, -0.2) is 4.79 Å². The maximum Gasteiger partial charge on any atom is 0.410 e. The summed E-state index contributed by atoms with van der Waals surface area (Å²) < 4.78 is 6.60. The minimum atomic E-state index is -1.07. The van der Waals surface area contributed by atoms with Gasteiger partial charge in [-0.3, -0.25) is 10.3 Å². The van der Waals surface area contributed by atoms with Crippen molar-refractivity contribution in [2.75, 3.05) is 19.0 Å². The van der Waals surface area contributed by atoms with Gasteiger partial charge < -0.3 is 9.84 Å². The lowest BCUT2D eigenvalue weighted by atomic mass is 9.76. The second-order valence-corrected chi connectivity index (χ2v) is 7.04. The summed E-state index contributed by atoms with van der Waals surface area (Å²) in [6, 6.07) is 8.09. The lowest BCUT2D eigenvalue weighted by Gasteiger charge is -2.44. The molecule has 3 rings (SSSR count). The molecule has 2 atom stereocenters. The molecule has 1 fully saturated rings. The first-order valence-corrected chi connectivity index (χ1v) is 8.44. The van der Waals surface area contributed by atoms with E-state index in [0.29, 0.717) is 18.4 Å². The third-order valence-corrected chi connectivity index (χ3v) is 5.41. The van der Waals surface area contributed by atoms with E-state index in [1.807, 2.05) is 12.1 Å². The minimum absolute atomic E-state index is 0.255. The topological polar surface area (TPSA) is 70.9 Å². The van der Waals surface area contributed by atoms with Gasteiger partial charge in [-0.15, -0.1) is 0 Å². The van der Waals surface area contributed by atoms with Gasteiger partial charge in [0.1, 0.15) is 0 Å². The number of carbonyl (C=O) groups is 1. The molecule has 5 nitrogen and oxygen atoms in total. The second kappa shape index (κ2) is 5.98. The predicted molar refractivity (Wildman–Crippen MR) is 85.8 cm³/mol. The van der Waals surface area contributed by atoms with Gasteiger partial charge in [0.2, 0.25) is 0 Å². The van der Waals surface area contributed by atoms with Crippen LogP contribution in [0, 0.1) is 5.92 Å². The SMILES string of the molecule is O=C(O)NC1=NC2(c3cccc(Br)c3)CCOCC2CS1. The number of hydrogen-bond donors (Lipinski definition) is 2. The quantitative estimate of drug-likeness (QED) is 0.796. The third kappa shape index (κ3) is 2.95. The number of amides is 1. The summed E-state index contributed by atoms with van der Waals surface area (Å²) in [5.41, 5.74) is 0.709. The fourth-order valence-electron chi connectivity index (χ4n) is 2.88. The number of halogens is 1. The van der Waals surface area contributed by atoms with Crippen LogP contribution in [0.3, 0.4) is 0 Å². The fourth-order valence-corrected chi connectivity index (χ4v) is 4.40. The zero-order valence-electron chi connectivity index (χ0n) is 11.2. The molecule has 0 bridgehead atoms. The largest absolute Gasteiger partial charge is 0.465 e. The van der Waals surface area contributed by atoms with Crippen molar-refractivity contribution in [2.24, 2.45) is 10.9 Å². The van der Waals surface area contributed by atoms with Crippen molar-refractivity contribution in [3.05, 3.63) is 34.3 Å². The number of nitrogens with one attached hydrogen (secondary N) is 1. The van der Waals surface area contributed by atoms with Crippen molar-refractivity contribution in [3.8, 4) is 0 Å². The van der Waals surface area contributed by atoms with E-state index in [-0.39, 0.29) is 5.92 Å². The number of nitrogens with zero attached hydrogens (tertiary/aromatic N) is 1. The van der Waals surface area contributed by atoms with Gasteiger partial charge in [-0.1, -0.05) is 39.8 Å². The monoisotopic (exact) mass is 370 g/mol. The molecule has 2 heterocycles. The highest BCUT2D eigenvalue weighted by atomic mass is 79.9. The summed E-state index contributed by atoms with van der Waals surface area (Å²) >= 11 is 4.94. The highest BCUT2D eigenvalue weighted by molar-refractivity contribution is 9.10. The normalized spacial score (nSPS) is 28.4. The molecule has 1 aromatic rings. The number of aliphatic imine (C=N–C) groups is 1. The Bertz CT molecular complexity index is 595. The van der Waals surface area contributed by atoms with Crippen LogP contribution >= 0.6 is 27.7 Å². The standard InChI is InChI=1S/C14H15BrN2O3S/c15-11-3-1-2-9(6-11)14-4-5-20-7-10(14)8-21-12(17-14)16-13(18)19/h1-3,6,10H,4-5,7-8H2,(H,16,17)(H,18,19). The van der Waals surface area contributed by atoms with E-state index < -0.39 is 11.6 Å². The Morgan fingerprint density at radius 2 is 2.43 bits per heavy atom.